The number of pyridine rings is 1. The van der Waals surface area contributed by atoms with Crippen LogP contribution in [0.4, 0.5) is 5.82 Å². The molecule has 6 rings (SSSR count). The van der Waals surface area contributed by atoms with Crippen LogP contribution in [0, 0.1) is 0 Å². The van der Waals surface area contributed by atoms with Gasteiger partial charge in [-0.05, 0) is 30.5 Å². The molecule has 0 unspecified atom stereocenters. The van der Waals surface area contributed by atoms with E-state index in [2.05, 4.69) is 22.0 Å². The number of anilines is 1. The van der Waals surface area contributed by atoms with E-state index in [1.54, 1.807) is 11.5 Å². The molecule has 1 aliphatic carbocycles. The minimum absolute atomic E-state index is 0.0919. The number of ether oxygens (including phenoxy) is 2. The Morgan fingerprint density at radius 2 is 1.88 bits per heavy atom. The summed E-state index contributed by atoms with van der Waals surface area (Å²) in [6, 6.07) is 9.80. The minimum Gasteiger partial charge on any atom is -0.497 e. The molecule has 0 N–H and O–H groups in total. The summed E-state index contributed by atoms with van der Waals surface area (Å²) < 4.78 is 14.3. The van der Waals surface area contributed by atoms with E-state index in [-0.39, 0.29) is 11.1 Å². The summed E-state index contributed by atoms with van der Waals surface area (Å²) in [7, 11) is 1.65. The van der Waals surface area contributed by atoms with Crippen molar-refractivity contribution in [2.75, 3.05) is 38.3 Å². The SMILES string of the molecule is COc1ccc(Cn2c(=O)n3c(C4(C)CC4)nnc3c3cnc(N4CCOCC4)cc32)cc1. The molecule has 1 aliphatic heterocycles. The standard InChI is InChI=1S/C24H26N6O3/c1-24(7-8-24)22-27-26-21-18-14-25-20(28-9-11-33-12-10-28)13-19(18)29(23(31)30(21)22)15-16-3-5-17(32-2)6-4-16/h3-6,13-14H,7-12,15H2,1-2H3. The topological polar surface area (TPSA) is 86.8 Å². The third-order valence-corrected chi connectivity index (χ3v) is 6.86. The molecule has 1 saturated heterocycles. The first-order valence-electron chi connectivity index (χ1n) is 11.3. The molecule has 9 heteroatoms. The first-order valence-corrected chi connectivity index (χ1v) is 11.3. The zero-order chi connectivity index (χ0) is 22.6. The Labute approximate surface area is 190 Å². The molecule has 2 aliphatic rings. The van der Waals surface area contributed by atoms with Gasteiger partial charge in [-0.15, -0.1) is 10.2 Å². The number of rotatable bonds is 5. The van der Waals surface area contributed by atoms with Crippen LogP contribution in [0.25, 0.3) is 16.6 Å². The van der Waals surface area contributed by atoms with Crippen molar-refractivity contribution in [2.24, 2.45) is 0 Å². The van der Waals surface area contributed by atoms with Gasteiger partial charge in [-0.3, -0.25) is 4.57 Å². The van der Waals surface area contributed by atoms with E-state index in [9.17, 15) is 4.79 Å². The minimum atomic E-state index is -0.124. The zero-order valence-corrected chi connectivity index (χ0v) is 18.8. The van der Waals surface area contributed by atoms with Crippen LogP contribution in [0.5, 0.6) is 5.75 Å². The maximum atomic E-state index is 13.9. The van der Waals surface area contributed by atoms with E-state index < -0.39 is 0 Å². The molecule has 0 amide bonds. The van der Waals surface area contributed by atoms with Crippen LogP contribution in [0.3, 0.4) is 0 Å². The van der Waals surface area contributed by atoms with Gasteiger partial charge in [0.15, 0.2) is 5.65 Å². The van der Waals surface area contributed by atoms with Crippen LogP contribution in [-0.4, -0.2) is 57.6 Å². The van der Waals surface area contributed by atoms with Crippen molar-refractivity contribution in [3.63, 3.8) is 0 Å². The van der Waals surface area contributed by atoms with Crippen molar-refractivity contribution in [3.8, 4) is 5.75 Å². The van der Waals surface area contributed by atoms with E-state index in [0.717, 1.165) is 59.8 Å². The highest BCUT2D eigenvalue weighted by Crippen LogP contribution is 2.46. The lowest BCUT2D eigenvalue weighted by Gasteiger charge is -2.28. The largest absolute Gasteiger partial charge is 0.497 e. The van der Waals surface area contributed by atoms with Gasteiger partial charge in [0.05, 0.1) is 37.8 Å². The molecule has 4 heterocycles. The second kappa shape index (κ2) is 7.55. The van der Waals surface area contributed by atoms with Crippen LogP contribution in [-0.2, 0) is 16.7 Å². The van der Waals surface area contributed by atoms with Gasteiger partial charge in [-0.1, -0.05) is 19.1 Å². The van der Waals surface area contributed by atoms with E-state index in [1.165, 1.54) is 0 Å². The molecule has 0 spiro atoms. The molecule has 33 heavy (non-hydrogen) atoms. The third-order valence-electron chi connectivity index (χ3n) is 6.86. The van der Waals surface area contributed by atoms with Crippen LogP contribution in [0.2, 0.25) is 0 Å². The number of methoxy groups -OCH3 is 1. The lowest BCUT2D eigenvalue weighted by Crippen LogP contribution is -2.37. The molecule has 1 saturated carbocycles. The van der Waals surface area contributed by atoms with Gasteiger partial charge in [0, 0.05) is 30.8 Å². The summed E-state index contributed by atoms with van der Waals surface area (Å²) in [6.45, 7) is 5.46. The monoisotopic (exact) mass is 446 g/mol. The average molecular weight is 447 g/mol. The van der Waals surface area contributed by atoms with Gasteiger partial charge in [0.1, 0.15) is 17.4 Å². The predicted molar refractivity (Wildman–Crippen MR) is 124 cm³/mol. The number of fused-ring (bicyclic) bond motifs is 3. The summed E-state index contributed by atoms with van der Waals surface area (Å²) in [5.41, 5.74) is 2.17. The number of nitrogens with zero attached hydrogens (tertiary/aromatic N) is 6. The fourth-order valence-electron chi connectivity index (χ4n) is 4.53. The first kappa shape index (κ1) is 20.2. The number of morpholine rings is 1. The van der Waals surface area contributed by atoms with Gasteiger partial charge >= 0.3 is 5.69 Å². The fraction of sp³-hybridized carbons (Fsp3) is 0.417. The molecule has 170 valence electrons. The van der Waals surface area contributed by atoms with Gasteiger partial charge in [-0.25, -0.2) is 14.2 Å². The molecule has 0 bridgehead atoms. The number of hydrogen-bond acceptors (Lipinski definition) is 7. The van der Waals surface area contributed by atoms with Gasteiger partial charge in [0.2, 0.25) is 0 Å². The molecule has 4 aromatic rings. The summed E-state index contributed by atoms with van der Waals surface area (Å²) in [5.74, 6) is 2.37. The molecule has 0 atom stereocenters. The lowest BCUT2D eigenvalue weighted by atomic mass is 10.1. The Kier molecular flexibility index (Phi) is 4.62. The summed E-state index contributed by atoms with van der Waals surface area (Å²) in [4.78, 5) is 20.8. The Bertz CT molecular complexity index is 1400. The molecule has 9 nitrogen and oxygen atoms in total. The van der Waals surface area contributed by atoms with E-state index in [4.69, 9.17) is 14.5 Å². The second-order valence-electron chi connectivity index (χ2n) is 9.12. The van der Waals surface area contributed by atoms with Gasteiger partial charge in [-0.2, -0.15) is 0 Å². The van der Waals surface area contributed by atoms with Crippen LogP contribution < -0.4 is 15.3 Å². The Hall–Kier alpha value is -3.46. The van der Waals surface area contributed by atoms with E-state index in [1.807, 2.05) is 41.1 Å². The highest BCUT2D eigenvalue weighted by molar-refractivity contribution is 5.92. The quantitative estimate of drug-likeness (QED) is 0.465. The maximum Gasteiger partial charge on any atom is 0.336 e. The molecular formula is C24H26N6O3. The van der Waals surface area contributed by atoms with Crippen molar-refractivity contribution >= 4 is 22.4 Å². The molecule has 2 fully saturated rings. The third kappa shape index (κ3) is 3.34. The zero-order valence-electron chi connectivity index (χ0n) is 18.8. The fourth-order valence-corrected chi connectivity index (χ4v) is 4.53. The Balaban J connectivity index is 1.56. The lowest BCUT2D eigenvalue weighted by molar-refractivity contribution is 0.122. The van der Waals surface area contributed by atoms with Crippen molar-refractivity contribution in [1.82, 2.24) is 24.1 Å². The van der Waals surface area contributed by atoms with Crippen molar-refractivity contribution in [1.29, 1.82) is 0 Å². The van der Waals surface area contributed by atoms with Crippen molar-refractivity contribution in [2.45, 2.75) is 31.7 Å². The number of aromatic nitrogens is 5. The van der Waals surface area contributed by atoms with Crippen molar-refractivity contribution in [3.05, 3.63) is 58.4 Å². The predicted octanol–water partition coefficient (Wildman–Crippen LogP) is 2.38. The van der Waals surface area contributed by atoms with Gasteiger partial charge < -0.3 is 14.4 Å². The highest BCUT2D eigenvalue weighted by Gasteiger charge is 2.44. The molecule has 0 radical (unpaired) electrons. The highest BCUT2D eigenvalue weighted by atomic mass is 16.5. The number of benzene rings is 1. The molecular weight excluding hydrogens is 420 g/mol. The van der Waals surface area contributed by atoms with Crippen LogP contribution >= 0.6 is 0 Å². The summed E-state index contributed by atoms with van der Waals surface area (Å²) in [6.07, 6.45) is 3.85. The smallest absolute Gasteiger partial charge is 0.336 e. The van der Waals surface area contributed by atoms with Gasteiger partial charge in [0.25, 0.3) is 0 Å². The van der Waals surface area contributed by atoms with Crippen LogP contribution in [0.15, 0.2) is 41.3 Å². The first-order chi connectivity index (χ1) is 16.1. The number of hydrogen-bond donors (Lipinski definition) is 0. The summed E-state index contributed by atoms with van der Waals surface area (Å²) >= 11 is 0. The maximum absolute atomic E-state index is 13.9. The molecule has 1 aromatic carbocycles. The Morgan fingerprint density at radius 3 is 2.58 bits per heavy atom. The second-order valence-corrected chi connectivity index (χ2v) is 9.12. The van der Waals surface area contributed by atoms with Crippen molar-refractivity contribution < 1.29 is 9.47 Å². The van der Waals surface area contributed by atoms with E-state index >= 15 is 0 Å². The normalized spacial score (nSPS) is 17.6. The van der Waals surface area contributed by atoms with Crippen LogP contribution in [0.1, 0.15) is 31.2 Å². The Morgan fingerprint density at radius 1 is 1.12 bits per heavy atom. The summed E-state index contributed by atoms with van der Waals surface area (Å²) in [5, 5.41) is 9.71. The average Bonchev–Trinajstić information content (AvgIpc) is 3.44. The molecule has 3 aromatic heterocycles. The van der Waals surface area contributed by atoms with E-state index in [0.29, 0.717) is 25.4 Å².